The molecule has 0 unspecified atom stereocenters. The second-order valence-electron chi connectivity index (χ2n) is 4.75. The third-order valence-electron chi connectivity index (χ3n) is 3.05. The minimum Gasteiger partial charge on any atom is -0.384 e. The van der Waals surface area contributed by atoms with E-state index in [1.807, 2.05) is 0 Å². The number of carbonyl (C=O) groups is 1. The first-order valence-electron chi connectivity index (χ1n) is 6.82. The molecule has 0 spiro atoms. The van der Waals surface area contributed by atoms with Crippen molar-refractivity contribution in [2.24, 2.45) is 0 Å². The van der Waals surface area contributed by atoms with E-state index in [2.05, 4.69) is 10.6 Å². The summed E-state index contributed by atoms with van der Waals surface area (Å²) in [6.45, 7) is -0.00657. The molecule has 0 atom stereocenters. The highest BCUT2D eigenvalue weighted by Gasteiger charge is 2.32. The molecule has 0 aromatic heterocycles. The first-order chi connectivity index (χ1) is 10.9. The second-order valence-corrected chi connectivity index (χ2v) is 4.75. The van der Waals surface area contributed by atoms with Gasteiger partial charge in [-0.05, 0) is 24.3 Å². The summed E-state index contributed by atoms with van der Waals surface area (Å²) < 4.78 is 51.8. The second kappa shape index (κ2) is 7.13. The van der Waals surface area contributed by atoms with Crippen molar-refractivity contribution in [3.63, 3.8) is 0 Å². The number of hydrogen-bond acceptors (Lipinski definition) is 2. The summed E-state index contributed by atoms with van der Waals surface area (Å²) in [4.78, 5) is 11.7. The molecule has 2 aromatic rings. The molecule has 0 fully saturated rings. The molecule has 0 aliphatic rings. The van der Waals surface area contributed by atoms with Crippen LogP contribution in [0.25, 0.3) is 0 Å². The lowest BCUT2D eigenvalue weighted by atomic mass is 10.1. The molecule has 0 heterocycles. The molecule has 2 aromatic carbocycles. The van der Waals surface area contributed by atoms with Crippen LogP contribution in [-0.4, -0.2) is 12.5 Å². The Labute approximate surface area is 130 Å². The van der Waals surface area contributed by atoms with Crippen molar-refractivity contribution in [3.8, 4) is 0 Å². The van der Waals surface area contributed by atoms with Crippen molar-refractivity contribution < 1.29 is 22.4 Å². The van der Waals surface area contributed by atoms with E-state index in [4.69, 9.17) is 0 Å². The van der Waals surface area contributed by atoms with Gasteiger partial charge in [-0.1, -0.05) is 24.3 Å². The van der Waals surface area contributed by atoms with Gasteiger partial charge in [-0.3, -0.25) is 4.79 Å². The van der Waals surface area contributed by atoms with Crippen LogP contribution in [0.5, 0.6) is 0 Å². The summed E-state index contributed by atoms with van der Waals surface area (Å²) in [6, 6.07) is 10.7. The number of halogens is 4. The van der Waals surface area contributed by atoms with E-state index >= 15 is 0 Å². The molecular formula is C16H14F4N2O. The largest absolute Gasteiger partial charge is 0.418 e. The Balaban J connectivity index is 1.91. The number of hydrogen-bond donors (Lipinski definition) is 2. The van der Waals surface area contributed by atoms with Crippen molar-refractivity contribution in [2.45, 2.75) is 12.6 Å². The summed E-state index contributed by atoms with van der Waals surface area (Å²) in [7, 11) is 0. The lowest BCUT2D eigenvalue weighted by molar-refractivity contribution is -0.137. The summed E-state index contributed by atoms with van der Waals surface area (Å²) in [5.74, 6) is -1.07. The van der Waals surface area contributed by atoms with E-state index in [0.717, 1.165) is 6.07 Å². The van der Waals surface area contributed by atoms with Gasteiger partial charge in [-0.25, -0.2) is 4.39 Å². The van der Waals surface area contributed by atoms with Crippen LogP contribution >= 0.6 is 0 Å². The van der Waals surface area contributed by atoms with E-state index in [9.17, 15) is 22.4 Å². The average Bonchev–Trinajstić information content (AvgIpc) is 2.49. The number of carbonyl (C=O) groups excluding carboxylic acids is 1. The van der Waals surface area contributed by atoms with E-state index in [1.54, 1.807) is 6.07 Å². The number of nitrogens with one attached hydrogen (secondary N) is 2. The number of rotatable bonds is 5. The van der Waals surface area contributed by atoms with Crippen LogP contribution in [0.3, 0.4) is 0 Å². The molecule has 3 nitrogen and oxygen atoms in total. The Morgan fingerprint density at radius 2 is 1.57 bits per heavy atom. The Bertz CT molecular complexity index is 686. The zero-order chi connectivity index (χ0) is 16.9. The van der Waals surface area contributed by atoms with Gasteiger partial charge in [0, 0.05) is 18.7 Å². The van der Waals surface area contributed by atoms with Crippen LogP contribution in [-0.2, 0) is 11.0 Å². The zero-order valence-electron chi connectivity index (χ0n) is 12.0. The van der Waals surface area contributed by atoms with Gasteiger partial charge in [0.25, 0.3) is 0 Å². The van der Waals surface area contributed by atoms with Gasteiger partial charge in [0.05, 0.1) is 11.3 Å². The van der Waals surface area contributed by atoms with Crippen molar-refractivity contribution >= 4 is 17.3 Å². The van der Waals surface area contributed by atoms with Gasteiger partial charge in [-0.2, -0.15) is 13.2 Å². The number of anilines is 2. The van der Waals surface area contributed by atoms with Gasteiger partial charge >= 0.3 is 6.18 Å². The highest BCUT2D eigenvalue weighted by Crippen LogP contribution is 2.34. The lowest BCUT2D eigenvalue weighted by Crippen LogP contribution is -2.18. The highest BCUT2D eigenvalue weighted by atomic mass is 19.4. The number of benzene rings is 2. The normalized spacial score (nSPS) is 11.1. The third-order valence-corrected chi connectivity index (χ3v) is 3.05. The quantitative estimate of drug-likeness (QED) is 0.805. The highest BCUT2D eigenvalue weighted by molar-refractivity contribution is 5.91. The predicted octanol–water partition coefficient (Wildman–Crippen LogP) is 4.29. The van der Waals surface area contributed by atoms with Gasteiger partial charge < -0.3 is 10.6 Å². The van der Waals surface area contributed by atoms with E-state index in [1.165, 1.54) is 36.4 Å². The molecule has 0 radical (unpaired) electrons. The van der Waals surface area contributed by atoms with E-state index in [-0.39, 0.29) is 24.3 Å². The first-order valence-corrected chi connectivity index (χ1v) is 6.82. The standard InChI is InChI=1S/C16H14F4N2O/c17-12-6-2-4-8-14(12)22-15(23)9-10-21-13-7-3-1-5-11(13)16(18,19)20/h1-8,21H,9-10H2,(H,22,23). The van der Waals surface area contributed by atoms with Crippen LogP contribution in [0.1, 0.15) is 12.0 Å². The molecule has 7 heteroatoms. The topological polar surface area (TPSA) is 41.1 Å². The third kappa shape index (κ3) is 4.70. The van der Waals surface area contributed by atoms with Gasteiger partial charge in [0.15, 0.2) is 0 Å². The molecule has 0 aliphatic carbocycles. The Morgan fingerprint density at radius 1 is 0.957 bits per heavy atom. The fraction of sp³-hybridized carbons (Fsp3) is 0.188. The van der Waals surface area contributed by atoms with Crippen LogP contribution in [0, 0.1) is 5.82 Å². The lowest BCUT2D eigenvalue weighted by Gasteiger charge is -2.14. The Hall–Kier alpha value is -2.57. The van der Waals surface area contributed by atoms with Crippen molar-refractivity contribution in [3.05, 3.63) is 59.9 Å². The smallest absolute Gasteiger partial charge is 0.384 e. The molecular weight excluding hydrogens is 312 g/mol. The zero-order valence-corrected chi connectivity index (χ0v) is 12.0. The summed E-state index contributed by atoms with van der Waals surface area (Å²) >= 11 is 0. The van der Waals surface area contributed by atoms with Gasteiger partial charge in [-0.15, -0.1) is 0 Å². The molecule has 2 N–H and O–H groups in total. The maximum Gasteiger partial charge on any atom is 0.418 e. The number of alkyl halides is 3. The molecule has 0 bridgehead atoms. The summed E-state index contributed by atoms with van der Waals surface area (Å²) in [6.07, 6.45) is -4.57. The van der Waals surface area contributed by atoms with Crippen molar-refractivity contribution in [2.75, 3.05) is 17.2 Å². The average molecular weight is 326 g/mol. The number of amides is 1. The van der Waals surface area contributed by atoms with Crippen LogP contribution < -0.4 is 10.6 Å². The van der Waals surface area contributed by atoms with Crippen molar-refractivity contribution in [1.82, 2.24) is 0 Å². The van der Waals surface area contributed by atoms with Crippen LogP contribution in [0.4, 0.5) is 28.9 Å². The van der Waals surface area contributed by atoms with E-state index < -0.39 is 23.5 Å². The molecule has 122 valence electrons. The van der Waals surface area contributed by atoms with Gasteiger partial charge in [0.1, 0.15) is 5.82 Å². The SMILES string of the molecule is O=C(CCNc1ccccc1C(F)(F)F)Nc1ccccc1F. The minimum atomic E-state index is -4.47. The molecule has 2 rings (SSSR count). The molecule has 0 saturated carbocycles. The maximum atomic E-state index is 13.4. The molecule has 0 saturated heterocycles. The molecule has 23 heavy (non-hydrogen) atoms. The number of para-hydroxylation sites is 2. The maximum absolute atomic E-state index is 13.4. The fourth-order valence-electron chi connectivity index (χ4n) is 1.97. The van der Waals surface area contributed by atoms with E-state index in [0.29, 0.717) is 0 Å². The summed E-state index contributed by atoms with van der Waals surface area (Å²) in [5.41, 5.74) is -0.860. The predicted molar refractivity (Wildman–Crippen MR) is 79.6 cm³/mol. The van der Waals surface area contributed by atoms with Crippen molar-refractivity contribution in [1.29, 1.82) is 0 Å². The monoisotopic (exact) mass is 326 g/mol. The summed E-state index contributed by atoms with van der Waals surface area (Å²) in [5, 5.41) is 4.94. The van der Waals surface area contributed by atoms with Crippen LogP contribution in [0.15, 0.2) is 48.5 Å². The Morgan fingerprint density at radius 3 is 2.22 bits per heavy atom. The Kier molecular flexibility index (Phi) is 5.20. The molecule has 1 amide bonds. The van der Waals surface area contributed by atoms with Gasteiger partial charge in [0.2, 0.25) is 5.91 Å². The minimum absolute atomic E-state index is 0.00657. The first kappa shape index (κ1) is 16.8. The van der Waals surface area contributed by atoms with Crippen LogP contribution in [0.2, 0.25) is 0 Å². The molecule has 0 aliphatic heterocycles. The fourth-order valence-corrected chi connectivity index (χ4v) is 1.97.